The van der Waals surface area contributed by atoms with Gasteiger partial charge < -0.3 is 10.4 Å². The number of carboxylic acid groups (broad SMARTS) is 1. The SMILES string of the molecule is CC(C)(C(=O)NCCCC(=O)O)c1ccc(Cl)cc1. The first kappa shape index (κ1) is 15.5. The van der Waals surface area contributed by atoms with E-state index in [2.05, 4.69) is 5.32 Å². The predicted octanol–water partition coefficient (Wildman–Crippen LogP) is 2.60. The molecule has 0 fully saturated rings. The van der Waals surface area contributed by atoms with E-state index in [1.54, 1.807) is 12.1 Å². The number of halogens is 1. The summed E-state index contributed by atoms with van der Waals surface area (Å²) in [5.41, 5.74) is 0.195. The minimum Gasteiger partial charge on any atom is -0.481 e. The van der Waals surface area contributed by atoms with E-state index in [0.29, 0.717) is 18.0 Å². The molecule has 0 spiro atoms. The zero-order chi connectivity index (χ0) is 14.5. The van der Waals surface area contributed by atoms with Gasteiger partial charge in [-0.3, -0.25) is 9.59 Å². The number of carbonyl (C=O) groups is 2. The lowest BCUT2D eigenvalue weighted by Gasteiger charge is -2.24. The normalized spacial score (nSPS) is 11.1. The maximum absolute atomic E-state index is 12.1. The van der Waals surface area contributed by atoms with E-state index in [1.807, 2.05) is 26.0 Å². The van der Waals surface area contributed by atoms with E-state index in [4.69, 9.17) is 16.7 Å². The third-order valence-electron chi connectivity index (χ3n) is 2.99. The Kier molecular flexibility index (Phi) is 5.36. The molecule has 1 aromatic rings. The van der Waals surface area contributed by atoms with Gasteiger partial charge in [0.2, 0.25) is 5.91 Å². The van der Waals surface area contributed by atoms with Crippen LogP contribution in [0.5, 0.6) is 0 Å². The predicted molar refractivity (Wildman–Crippen MR) is 74.4 cm³/mol. The van der Waals surface area contributed by atoms with Crippen LogP contribution in [0, 0.1) is 0 Å². The van der Waals surface area contributed by atoms with Gasteiger partial charge in [-0.05, 0) is 38.0 Å². The molecule has 0 aliphatic carbocycles. The smallest absolute Gasteiger partial charge is 0.303 e. The van der Waals surface area contributed by atoms with Crippen molar-refractivity contribution in [1.82, 2.24) is 5.32 Å². The van der Waals surface area contributed by atoms with Crippen LogP contribution >= 0.6 is 11.6 Å². The number of hydrogen-bond acceptors (Lipinski definition) is 2. The fourth-order valence-electron chi connectivity index (χ4n) is 1.66. The average molecular weight is 284 g/mol. The number of amides is 1. The molecule has 0 aliphatic rings. The van der Waals surface area contributed by atoms with Crippen LogP contribution < -0.4 is 5.32 Å². The number of aliphatic carboxylic acids is 1. The van der Waals surface area contributed by atoms with Crippen LogP contribution in [0.25, 0.3) is 0 Å². The molecule has 0 heterocycles. The van der Waals surface area contributed by atoms with Crippen LogP contribution in [-0.4, -0.2) is 23.5 Å². The van der Waals surface area contributed by atoms with Gasteiger partial charge in [0, 0.05) is 18.0 Å². The van der Waals surface area contributed by atoms with Crippen molar-refractivity contribution in [3.8, 4) is 0 Å². The van der Waals surface area contributed by atoms with Crippen LogP contribution in [0.3, 0.4) is 0 Å². The summed E-state index contributed by atoms with van der Waals surface area (Å²) in [6.07, 6.45) is 0.486. The zero-order valence-electron chi connectivity index (χ0n) is 11.1. The van der Waals surface area contributed by atoms with E-state index in [-0.39, 0.29) is 12.3 Å². The molecule has 19 heavy (non-hydrogen) atoms. The number of hydrogen-bond donors (Lipinski definition) is 2. The van der Waals surface area contributed by atoms with Gasteiger partial charge in [-0.1, -0.05) is 23.7 Å². The second-order valence-corrected chi connectivity index (χ2v) is 5.32. The van der Waals surface area contributed by atoms with Gasteiger partial charge in [0.05, 0.1) is 5.41 Å². The van der Waals surface area contributed by atoms with Gasteiger partial charge in [0.25, 0.3) is 0 Å². The molecular weight excluding hydrogens is 266 g/mol. The number of benzene rings is 1. The number of carboxylic acids is 1. The van der Waals surface area contributed by atoms with Gasteiger partial charge in [-0.15, -0.1) is 0 Å². The molecule has 0 aromatic heterocycles. The summed E-state index contributed by atoms with van der Waals surface area (Å²) in [4.78, 5) is 22.5. The van der Waals surface area contributed by atoms with E-state index in [9.17, 15) is 9.59 Å². The Bertz CT molecular complexity index is 454. The molecular formula is C14H18ClNO3. The Hall–Kier alpha value is -1.55. The molecule has 4 nitrogen and oxygen atoms in total. The van der Waals surface area contributed by atoms with Crippen LogP contribution in [0.1, 0.15) is 32.3 Å². The molecule has 0 radical (unpaired) electrons. The summed E-state index contributed by atoms with van der Waals surface area (Å²) in [7, 11) is 0. The van der Waals surface area contributed by atoms with Crippen molar-refractivity contribution in [1.29, 1.82) is 0 Å². The van der Waals surface area contributed by atoms with E-state index in [0.717, 1.165) is 5.56 Å². The van der Waals surface area contributed by atoms with E-state index >= 15 is 0 Å². The van der Waals surface area contributed by atoms with Crippen LogP contribution in [0.15, 0.2) is 24.3 Å². The lowest BCUT2D eigenvalue weighted by Crippen LogP contribution is -2.40. The highest BCUT2D eigenvalue weighted by Gasteiger charge is 2.29. The molecule has 5 heteroatoms. The summed E-state index contributed by atoms with van der Waals surface area (Å²) >= 11 is 5.82. The second kappa shape index (κ2) is 6.57. The Morgan fingerprint density at radius 2 is 1.84 bits per heavy atom. The maximum Gasteiger partial charge on any atom is 0.303 e. The number of rotatable bonds is 6. The van der Waals surface area contributed by atoms with Gasteiger partial charge in [0.15, 0.2) is 0 Å². The summed E-state index contributed by atoms with van der Waals surface area (Å²) in [5.74, 6) is -0.980. The van der Waals surface area contributed by atoms with E-state index < -0.39 is 11.4 Å². The number of nitrogens with one attached hydrogen (secondary N) is 1. The molecule has 0 saturated heterocycles. The molecule has 0 bridgehead atoms. The van der Waals surface area contributed by atoms with Crippen LogP contribution in [0.2, 0.25) is 5.02 Å². The standard InChI is InChI=1S/C14H18ClNO3/c1-14(2,10-5-7-11(15)8-6-10)13(19)16-9-3-4-12(17)18/h5-8H,3-4,9H2,1-2H3,(H,16,19)(H,17,18). The zero-order valence-corrected chi connectivity index (χ0v) is 11.8. The summed E-state index contributed by atoms with van der Waals surface area (Å²) in [6.45, 7) is 4.01. The molecule has 1 aromatic carbocycles. The molecule has 104 valence electrons. The third kappa shape index (κ3) is 4.56. The second-order valence-electron chi connectivity index (χ2n) is 4.89. The van der Waals surface area contributed by atoms with Crippen molar-refractivity contribution in [2.45, 2.75) is 32.1 Å². The molecule has 0 aliphatic heterocycles. The van der Waals surface area contributed by atoms with Gasteiger partial charge in [-0.25, -0.2) is 0 Å². The topological polar surface area (TPSA) is 66.4 Å². The largest absolute Gasteiger partial charge is 0.481 e. The van der Waals surface area contributed by atoms with Crippen molar-refractivity contribution in [2.75, 3.05) is 6.54 Å². The highest BCUT2D eigenvalue weighted by Crippen LogP contribution is 2.24. The lowest BCUT2D eigenvalue weighted by molar-refractivity contribution is -0.137. The third-order valence-corrected chi connectivity index (χ3v) is 3.24. The quantitative estimate of drug-likeness (QED) is 0.789. The fraction of sp³-hybridized carbons (Fsp3) is 0.429. The number of carbonyl (C=O) groups excluding carboxylic acids is 1. The first-order chi connectivity index (χ1) is 8.84. The molecule has 1 rings (SSSR count). The highest BCUT2D eigenvalue weighted by molar-refractivity contribution is 6.30. The van der Waals surface area contributed by atoms with Crippen molar-refractivity contribution in [3.05, 3.63) is 34.9 Å². The molecule has 0 atom stereocenters. The average Bonchev–Trinajstić information content (AvgIpc) is 2.34. The Balaban J connectivity index is 2.58. The highest BCUT2D eigenvalue weighted by atomic mass is 35.5. The Labute approximate surface area is 117 Å². The summed E-state index contributed by atoms with van der Waals surface area (Å²) in [6, 6.07) is 7.13. The van der Waals surface area contributed by atoms with E-state index in [1.165, 1.54) is 0 Å². The minimum atomic E-state index is -0.855. The Morgan fingerprint density at radius 3 is 2.37 bits per heavy atom. The van der Waals surface area contributed by atoms with Crippen LogP contribution in [-0.2, 0) is 15.0 Å². The van der Waals surface area contributed by atoms with Gasteiger partial charge in [-0.2, -0.15) is 0 Å². The minimum absolute atomic E-state index is 0.0572. The molecule has 1 amide bonds. The first-order valence-corrected chi connectivity index (χ1v) is 6.48. The lowest BCUT2D eigenvalue weighted by atomic mass is 9.84. The van der Waals surface area contributed by atoms with Gasteiger partial charge >= 0.3 is 5.97 Å². The van der Waals surface area contributed by atoms with Crippen molar-refractivity contribution in [3.63, 3.8) is 0 Å². The molecule has 0 unspecified atom stereocenters. The van der Waals surface area contributed by atoms with Gasteiger partial charge in [0.1, 0.15) is 0 Å². The molecule has 2 N–H and O–H groups in total. The summed E-state index contributed by atoms with van der Waals surface area (Å²) < 4.78 is 0. The summed E-state index contributed by atoms with van der Waals surface area (Å²) in [5, 5.41) is 11.9. The molecule has 0 saturated carbocycles. The Morgan fingerprint density at radius 1 is 1.26 bits per heavy atom. The van der Waals surface area contributed by atoms with Crippen molar-refractivity contribution in [2.24, 2.45) is 0 Å². The first-order valence-electron chi connectivity index (χ1n) is 6.10. The fourth-order valence-corrected chi connectivity index (χ4v) is 1.79. The van der Waals surface area contributed by atoms with Crippen molar-refractivity contribution < 1.29 is 14.7 Å². The monoisotopic (exact) mass is 283 g/mol. The van der Waals surface area contributed by atoms with Crippen LogP contribution in [0.4, 0.5) is 0 Å². The maximum atomic E-state index is 12.1. The van der Waals surface area contributed by atoms with Crippen molar-refractivity contribution >= 4 is 23.5 Å².